The first-order chi connectivity index (χ1) is 6.65. The summed E-state index contributed by atoms with van der Waals surface area (Å²) in [5.74, 6) is -0.952. The number of hydrogen-bond donors (Lipinski definition) is 1. The number of carbonyl (C=O) groups is 2. The van der Waals surface area contributed by atoms with Gasteiger partial charge in [0.25, 0.3) is 0 Å². The molecule has 1 saturated heterocycles. The average Bonchev–Trinajstić information content (AvgIpc) is 2.69. The lowest BCUT2D eigenvalue weighted by molar-refractivity contribution is -0.161. The summed E-state index contributed by atoms with van der Waals surface area (Å²) in [7, 11) is 1.83. The summed E-state index contributed by atoms with van der Waals surface area (Å²) >= 11 is 0. The van der Waals surface area contributed by atoms with Gasteiger partial charge in [0.15, 0.2) is 6.10 Å². The van der Waals surface area contributed by atoms with E-state index in [9.17, 15) is 9.59 Å². The topological polar surface area (TPSA) is 64.6 Å². The maximum atomic E-state index is 11.4. The maximum Gasteiger partial charge on any atom is 0.349 e. The zero-order valence-corrected chi connectivity index (χ0v) is 9.14. The molecule has 1 heterocycles. The van der Waals surface area contributed by atoms with Gasteiger partial charge in [0.2, 0.25) is 0 Å². The summed E-state index contributed by atoms with van der Waals surface area (Å²) in [6.07, 6.45) is 0.881. The van der Waals surface area contributed by atoms with E-state index in [4.69, 9.17) is 4.74 Å². The molecule has 0 radical (unpaired) electrons. The highest BCUT2D eigenvalue weighted by molar-refractivity contribution is 7.10. The van der Waals surface area contributed by atoms with Crippen LogP contribution in [0.25, 0.3) is 0 Å². The summed E-state index contributed by atoms with van der Waals surface area (Å²) in [6, 6.07) is -0.269. The van der Waals surface area contributed by atoms with E-state index in [-0.39, 0.29) is 12.0 Å². The molecular formula is C8H14NO4P. The van der Waals surface area contributed by atoms with E-state index in [0.717, 1.165) is 19.4 Å². The van der Waals surface area contributed by atoms with Gasteiger partial charge < -0.3 is 14.6 Å². The van der Waals surface area contributed by atoms with Crippen molar-refractivity contribution in [2.75, 3.05) is 6.54 Å². The highest BCUT2D eigenvalue weighted by Crippen LogP contribution is 2.08. The van der Waals surface area contributed by atoms with Crippen molar-refractivity contribution in [3.8, 4) is 0 Å². The third-order valence-electron chi connectivity index (χ3n) is 2.09. The Bertz CT molecular complexity index is 227. The Balaban J connectivity index is 2.35. The van der Waals surface area contributed by atoms with Crippen LogP contribution in [-0.2, 0) is 18.8 Å². The lowest BCUT2D eigenvalue weighted by atomic mass is 10.2. The van der Waals surface area contributed by atoms with Gasteiger partial charge in [-0.05, 0) is 26.3 Å². The van der Waals surface area contributed by atoms with Crippen LogP contribution in [0.15, 0.2) is 0 Å². The van der Waals surface area contributed by atoms with Crippen molar-refractivity contribution in [2.24, 2.45) is 0 Å². The number of hydrogen-bond acceptors (Lipinski definition) is 5. The van der Waals surface area contributed by atoms with Crippen molar-refractivity contribution >= 4 is 21.4 Å². The molecule has 0 spiro atoms. The Labute approximate surface area is 84.8 Å². The Morgan fingerprint density at radius 1 is 1.57 bits per heavy atom. The number of rotatable bonds is 3. The molecule has 80 valence electrons. The van der Waals surface area contributed by atoms with Gasteiger partial charge in [-0.3, -0.25) is 4.79 Å². The van der Waals surface area contributed by atoms with E-state index in [1.807, 2.05) is 9.47 Å². The van der Waals surface area contributed by atoms with Gasteiger partial charge in [0.05, 0.1) is 9.47 Å². The van der Waals surface area contributed by atoms with Crippen molar-refractivity contribution in [3.05, 3.63) is 0 Å². The zero-order valence-electron chi connectivity index (χ0n) is 7.99. The summed E-state index contributed by atoms with van der Waals surface area (Å²) in [5, 5.41) is 2.99. The second-order valence-corrected chi connectivity index (χ2v) is 3.40. The molecule has 1 N–H and O–H groups in total. The molecule has 0 amide bonds. The van der Waals surface area contributed by atoms with Gasteiger partial charge in [-0.1, -0.05) is 0 Å². The Hall–Kier alpha value is -0.670. The van der Waals surface area contributed by atoms with E-state index < -0.39 is 12.1 Å². The van der Waals surface area contributed by atoms with Crippen molar-refractivity contribution in [1.29, 1.82) is 0 Å². The lowest BCUT2D eigenvalue weighted by Gasteiger charge is -2.14. The first-order valence-corrected chi connectivity index (χ1v) is 4.96. The van der Waals surface area contributed by atoms with Crippen molar-refractivity contribution < 1.29 is 18.8 Å². The molecule has 1 aliphatic heterocycles. The van der Waals surface area contributed by atoms with Crippen LogP contribution in [0, 0.1) is 0 Å². The minimum atomic E-state index is -0.845. The molecule has 0 bridgehead atoms. The predicted molar refractivity (Wildman–Crippen MR) is 52.4 cm³/mol. The predicted octanol–water partition coefficient (Wildman–Crippen LogP) is 0.00340. The van der Waals surface area contributed by atoms with E-state index in [0.29, 0.717) is 0 Å². The van der Waals surface area contributed by atoms with E-state index in [1.54, 1.807) is 0 Å². The molecule has 1 rings (SSSR count). The second kappa shape index (κ2) is 5.27. The van der Waals surface area contributed by atoms with Crippen LogP contribution in [0.4, 0.5) is 0 Å². The summed E-state index contributed by atoms with van der Waals surface area (Å²) in [5.41, 5.74) is 0. The number of ether oxygens (including phenoxy) is 1. The zero-order chi connectivity index (χ0) is 10.6. The molecule has 14 heavy (non-hydrogen) atoms. The fourth-order valence-electron chi connectivity index (χ4n) is 1.29. The molecule has 0 aromatic carbocycles. The molecule has 1 fully saturated rings. The van der Waals surface area contributed by atoms with E-state index >= 15 is 0 Å². The normalized spacial score (nSPS) is 22.9. The van der Waals surface area contributed by atoms with Crippen LogP contribution in [-0.4, -0.2) is 30.6 Å². The number of carbonyl (C=O) groups excluding carboxylic acids is 2. The quantitative estimate of drug-likeness (QED) is 0.534. The molecule has 1 unspecified atom stereocenters. The first kappa shape index (κ1) is 11.4. The van der Waals surface area contributed by atoms with Crippen molar-refractivity contribution in [1.82, 2.24) is 5.32 Å². The Morgan fingerprint density at radius 3 is 2.79 bits per heavy atom. The minimum Gasteiger partial charge on any atom is -0.449 e. The lowest BCUT2D eigenvalue weighted by Crippen LogP contribution is -2.36. The van der Waals surface area contributed by atoms with Crippen LogP contribution >= 0.6 is 9.47 Å². The third-order valence-corrected chi connectivity index (χ3v) is 2.32. The smallest absolute Gasteiger partial charge is 0.349 e. The second-order valence-electron chi connectivity index (χ2n) is 3.16. The molecule has 0 aromatic rings. The molecule has 0 aromatic heterocycles. The van der Waals surface area contributed by atoms with Crippen LogP contribution in [0.1, 0.15) is 19.8 Å². The summed E-state index contributed by atoms with van der Waals surface area (Å²) < 4.78 is 9.25. The number of esters is 1. The molecule has 6 heteroatoms. The van der Waals surface area contributed by atoms with E-state index in [1.165, 1.54) is 6.92 Å². The standard InChI is InChI=1S/C8H14NO4P/c1-5(7(10)13-14)12-8(11)6-3-2-4-9-6/h5-6,9H,2-4,14H2,1H3/t5-,6-/m0/s1. The highest BCUT2D eigenvalue weighted by Gasteiger charge is 2.27. The van der Waals surface area contributed by atoms with Gasteiger partial charge >= 0.3 is 11.9 Å². The van der Waals surface area contributed by atoms with Crippen LogP contribution in [0.5, 0.6) is 0 Å². The molecule has 0 saturated carbocycles. The average molecular weight is 219 g/mol. The van der Waals surface area contributed by atoms with Crippen molar-refractivity contribution in [3.63, 3.8) is 0 Å². The minimum absolute atomic E-state index is 0.269. The van der Waals surface area contributed by atoms with Crippen LogP contribution in [0.2, 0.25) is 0 Å². The van der Waals surface area contributed by atoms with Gasteiger partial charge in [-0.2, -0.15) is 0 Å². The van der Waals surface area contributed by atoms with Crippen LogP contribution < -0.4 is 5.32 Å². The SMILES string of the molecule is C[C@H](OC(=O)[C@@H]1CCCN1)C(=O)OP. The molecular weight excluding hydrogens is 205 g/mol. The van der Waals surface area contributed by atoms with Gasteiger partial charge in [0.1, 0.15) is 6.04 Å². The maximum absolute atomic E-state index is 11.4. The fraction of sp³-hybridized carbons (Fsp3) is 0.750. The largest absolute Gasteiger partial charge is 0.449 e. The Morgan fingerprint density at radius 2 is 2.29 bits per heavy atom. The van der Waals surface area contributed by atoms with Crippen LogP contribution in [0.3, 0.4) is 0 Å². The third kappa shape index (κ3) is 2.93. The Kier molecular flexibility index (Phi) is 4.29. The first-order valence-electron chi connectivity index (χ1n) is 4.49. The highest BCUT2D eigenvalue weighted by atomic mass is 31.0. The molecule has 3 atom stereocenters. The molecule has 0 aliphatic carbocycles. The summed E-state index contributed by atoms with van der Waals surface area (Å²) in [6.45, 7) is 2.31. The number of nitrogens with one attached hydrogen (secondary N) is 1. The van der Waals surface area contributed by atoms with Gasteiger partial charge in [0, 0.05) is 0 Å². The van der Waals surface area contributed by atoms with Gasteiger partial charge in [-0.25, -0.2) is 4.79 Å². The van der Waals surface area contributed by atoms with E-state index in [2.05, 4.69) is 9.84 Å². The molecule has 5 nitrogen and oxygen atoms in total. The van der Waals surface area contributed by atoms with Crippen molar-refractivity contribution in [2.45, 2.75) is 31.9 Å². The van der Waals surface area contributed by atoms with Gasteiger partial charge in [-0.15, -0.1) is 0 Å². The monoisotopic (exact) mass is 219 g/mol. The fourth-order valence-corrected chi connectivity index (χ4v) is 1.48. The molecule has 1 aliphatic rings. The summed E-state index contributed by atoms with van der Waals surface area (Å²) in [4.78, 5) is 22.3.